The minimum Gasteiger partial charge on any atom is -0.303 e. The molecule has 126 heavy (non-hydrogen) atoms. The van der Waals surface area contributed by atoms with Gasteiger partial charge in [0.1, 0.15) is 0 Å². The van der Waals surface area contributed by atoms with E-state index in [9.17, 15) is 0 Å². The van der Waals surface area contributed by atoms with Gasteiger partial charge < -0.3 is 26.4 Å². The van der Waals surface area contributed by atoms with E-state index in [0.717, 1.165) is 133 Å². The second-order valence-electron chi connectivity index (χ2n) is 31.9. The standard InChI is InChI=1S/C97H49F23N6/c1-44-62-8-4-6-10-64(62)121-74(44)76-66(47-14-30-55(31-15-47)91(100,101)102)68(46-12-28-54(29-13-46)90(3,98)99)78-80-70(50-20-36-58(37-21-50)94(109,110)111)72(52-24-40-60(41-25-52)96(115,116)117)82-83-73(53-26-42-61(43-27-53)97(118,119)120)71(51-22-38-59(39-23-51)95(112,113)114)81-79-69(49-18-34-57(35-19-49)93(106,107)108)67(48-16-32-56(33-17-48)92(103,104)105)77-75-45(2)63-9-5-7-11-65(63)122(75)85-84(121)86(123(76)78)88(125(80)82)89(126(81)83)87(85)124(77)79/h4-43H,1-3H3. The topological polar surface area (TPSA) is 26.5 Å². The number of fused-ring (bicyclic) bond motifs is 14. The van der Waals surface area contributed by atoms with Crippen molar-refractivity contribution in [2.45, 2.75) is 69.9 Å². The second-order valence-corrected chi connectivity index (χ2v) is 31.9. The first-order valence-electron chi connectivity index (χ1n) is 38.8. The zero-order chi connectivity index (χ0) is 88.3. The van der Waals surface area contributed by atoms with Gasteiger partial charge in [-0.1, -0.05) is 146 Å². The monoisotopic (exact) mass is 1730 g/mol. The van der Waals surface area contributed by atoms with Crippen LogP contribution in [0.2, 0.25) is 0 Å². The second kappa shape index (κ2) is 25.4. The molecule has 0 unspecified atom stereocenters. The highest BCUT2D eigenvalue weighted by Crippen LogP contribution is 2.63. The van der Waals surface area contributed by atoms with Gasteiger partial charge in [-0.15, -0.1) is 0 Å². The molecule has 11 heterocycles. The zero-order valence-corrected chi connectivity index (χ0v) is 64.5. The van der Waals surface area contributed by atoms with E-state index < -0.39 is 93.7 Å². The first-order chi connectivity index (χ1) is 59.5. The van der Waals surface area contributed by atoms with Crippen LogP contribution in [-0.4, -0.2) is 26.4 Å². The molecule has 0 saturated heterocycles. The van der Waals surface area contributed by atoms with Crippen LogP contribution in [0.4, 0.5) is 101 Å². The maximum atomic E-state index is 16.0. The lowest BCUT2D eigenvalue weighted by Gasteiger charge is -2.25. The van der Waals surface area contributed by atoms with Gasteiger partial charge in [-0.25, -0.2) is 8.78 Å². The Morgan fingerprint density at radius 3 is 0.484 bits per heavy atom. The molecule has 0 N–H and O–H groups in total. The van der Waals surface area contributed by atoms with E-state index in [4.69, 9.17) is 0 Å². The molecule has 0 aliphatic carbocycles. The molecule has 0 amide bonds. The molecule has 29 heteroatoms. The summed E-state index contributed by atoms with van der Waals surface area (Å²) in [7, 11) is 0. The third-order valence-electron chi connectivity index (χ3n) is 24.9. The number of aromatic nitrogens is 6. The molecule has 0 atom stereocenters. The minimum absolute atomic E-state index is 0.00127. The zero-order valence-electron chi connectivity index (χ0n) is 64.5. The summed E-state index contributed by atoms with van der Waals surface area (Å²) in [5, 5.41) is 1.03. The Morgan fingerprint density at radius 1 is 0.167 bits per heavy atom. The highest BCUT2D eigenvalue weighted by molar-refractivity contribution is 6.37. The van der Waals surface area contributed by atoms with Gasteiger partial charge in [-0.05, 0) is 167 Å². The van der Waals surface area contributed by atoms with Crippen LogP contribution in [0.15, 0.2) is 243 Å². The molecule has 0 spiro atoms. The number of alkyl halides is 23. The van der Waals surface area contributed by atoms with E-state index in [1.54, 1.807) is 80.0 Å². The van der Waals surface area contributed by atoms with Gasteiger partial charge in [0.2, 0.25) is 0 Å². The van der Waals surface area contributed by atoms with Crippen LogP contribution in [0, 0.1) is 13.8 Å². The van der Waals surface area contributed by atoms with Crippen molar-refractivity contribution in [2.75, 3.05) is 0 Å². The molecule has 22 aromatic rings. The normalized spacial score (nSPS) is 13.6. The van der Waals surface area contributed by atoms with Gasteiger partial charge in [0.25, 0.3) is 5.92 Å². The number of rotatable bonds is 9. The van der Waals surface area contributed by atoms with Gasteiger partial charge in [-0.3, -0.25) is 0 Å². The SMILES string of the molecule is Cc1c2ccccc2n2c1c1c(-c3ccc(C(F)(F)F)cc3)c(-c3ccc(C(C)(F)F)cc3)c3c4c(-c5ccc(C(F)(F)F)cc5)c(-c5ccc(C(F)(F)F)cc5)c5c6c(-c7ccc(C(F)(F)F)cc7)c(-c7ccc(C(F)(F)F)cc7)c7c8c(-c9ccc(C(F)(F)F)cc9)c(-c9ccc(C(F)(F)F)cc9)c9c%10c(C)c%11ccccc%11n%10c%10c2c(c(c(c%10n98)n76)n45)n13. The van der Waals surface area contributed by atoms with Crippen molar-refractivity contribution in [2.24, 2.45) is 0 Å². The molecule has 11 aromatic carbocycles. The number of aryl methyl sites for hydroxylation is 2. The summed E-state index contributed by atoms with van der Waals surface area (Å²) in [6.45, 7) is 4.14. The lowest BCUT2D eigenvalue weighted by molar-refractivity contribution is -0.138. The summed E-state index contributed by atoms with van der Waals surface area (Å²) in [6, 6.07) is 44.6. The van der Waals surface area contributed by atoms with Crippen molar-refractivity contribution >= 4 is 110 Å². The Balaban J connectivity index is 1.16. The third-order valence-corrected chi connectivity index (χ3v) is 24.9. The molecule has 0 bridgehead atoms. The van der Waals surface area contributed by atoms with Crippen LogP contribution in [-0.2, 0) is 49.2 Å². The molecule has 0 aliphatic heterocycles. The van der Waals surface area contributed by atoms with E-state index in [1.165, 1.54) is 24.3 Å². The number of halogens is 23. The number of hydrogen-bond acceptors (Lipinski definition) is 0. The molecule has 0 saturated carbocycles. The number of benzene rings is 11. The van der Waals surface area contributed by atoms with Crippen LogP contribution < -0.4 is 0 Å². The van der Waals surface area contributed by atoms with E-state index in [1.807, 2.05) is 8.80 Å². The Kier molecular flexibility index (Phi) is 15.7. The van der Waals surface area contributed by atoms with Crippen molar-refractivity contribution < 1.29 is 101 Å². The Labute approximate surface area is 691 Å². The molecule has 0 aliphatic rings. The molecule has 0 fully saturated rings. The summed E-state index contributed by atoms with van der Waals surface area (Å²) in [5.74, 6) is -3.56. The summed E-state index contributed by atoms with van der Waals surface area (Å²) in [6.07, 6.45) is -35.4. The molecule has 628 valence electrons. The fraction of sp³-hybridized carbons (Fsp3) is 0.113. The fourth-order valence-electron chi connectivity index (χ4n) is 19.7. The van der Waals surface area contributed by atoms with Crippen LogP contribution >= 0.6 is 0 Å². The summed E-state index contributed by atoms with van der Waals surface area (Å²) in [5.41, 5.74) is -8.36. The van der Waals surface area contributed by atoms with Crippen molar-refractivity contribution in [3.63, 3.8) is 0 Å². The predicted octanol–water partition coefficient (Wildman–Crippen LogP) is 31.2. The largest absolute Gasteiger partial charge is 0.416 e. The van der Waals surface area contributed by atoms with Gasteiger partial charge in [0, 0.05) is 67.8 Å². The van der Waals surface area contributed by atoms with E-state index >= 15 is 101 Å². The van der Waals surface area contributed by atoms with Gasteiger partial charge >= 0.3 is 43.2 Å². The van der Waals surface area contributed by atoms with Crippen LogP contribution in [0.3, 0.4) is 0 Å². The lowest BCUT2D eigenvalue weighted by atomic mass is 9.90. The Bertz CT molecular complexity index is 7790. The highest BCUT2D eigenvalue weighted by Gasteiger charge is 2.45. The summed E-state index contributed by atoms with van der Waals surface area (Å²) in [4.78, 5) is 0. The Hall–Kier alpha value is -14.0. The number of nitrogens with zero attached hydrogens (tertiary/aromatic N) is 6. The summed E-state index contributed by atoms with van der Waals surface area (Å²) < 4.78 is 366. The van der Waals surface area contributed by atoms with Crippen LogP contribution in [0.25, 0.3) is 199 Å². The van der Waals surface area contributed by atoms with Gasteiger partial charge in [0.05, 0.1) is 138 Å². The molecule has 0 radical (unpaired) electrons. The fourth-order valence-corrected chi connectivity index (χ4v) is 19.7. The van der Waals surface area contributed by atoms with Crippen molar-refractivity contribution in [1.29, 1.82) is 0 Å². The van der Waals surface area contributed by atoms with Crippen molar-refractivity contribution in [3.8, 4) is 89.0 Å². The molecule has 22 rings (SSSR count). The molecule has 6 nitrogen and oxygen atoms in total. The molecular formula is C97H49F23N6. The average molecular weight is 1740 g/mol. The first-order valence-corrected chi connectivity index (χ1v) is 38.8. The van der Waals surface area contributed by atoms with Gasteiger partial charge in [0.15, 0.2) is 0 Å². The predicted molar refractivity (Wildman–Crippen MR) is 437 cm³/mol. The highest BCUT2D eigenvalue weighted by atomic mass is 19.4. The van der Waals surface area contributed by atoms with Crippen LogP contribution in [0.5, 0.6) is 0 Å². The first kappa shape index (κ1) is 78.0. The number of para-hydroxylation sites is 2. The van der Waals surface area contributed by atoms with E-state index in [2.05, 4.69) is 0 Å². The average Bonchev–Trinajstić information content (AvgIpc) is 1.44. The third kappa shape index (κ3) is 10.8. The van der Waals surface area contributed by atoms with Crippen LogP contribution in [0.1, 0.15) is 62.6 Å². The van der Waals surface area contributed by atoms with Gasteiger partial charge in [-0.2, -0.15) is 92.2 Å². The summed E-state index contributed by atoms with van der Waals surface area (Å²) >= 11 is 0. The molecule has 11 aromatic heterocycles. The van der Waals surface area contributed by atoms with E-state index in [0.29, 0.717) is 76.3 Å². The Morgan fingerprint density at radius 2 is 0.317 bits per heavy atom. The number of hydrogen-bond donors (Lipinski definition) is 0. The minimum atomic E-state index is -5.11. The van der Waals surface area contributed by atoms with Crippen molar-refractivity contribution in [1.82, 2.24) is 26.4 Å². The quantitative estimate of drug-likeness (QED) is 0.0782. The van der Waals surface area contributed by atoms with E-state index in [-0.39, 0.29) is 177 Å². The smallest absolute Gasteiger partial charge is 0.303 e. The van der Waals surface area contributed by atoms with Crippen molar-refractivity contribution in [3.05, 3.63) is 298 Å². The maximum absolute atomic E-state index is 16.0. The molecular weight excluding hydrogens is 1690 g/mol. The lowest BCUT2D eigenvalue weighted by Crippen LogP contribution is -2.12. The maximum Gasteiger partial charge on any atom is 0.416 e.